The van der Waals surface area contributed by atoms with E-state index in [1.165, 1.54) is 11.8 Å². The number of carbonyl (C=O) groups is 1. The van der Waals surface area contributed by atoms with Gasteiger partial charge in [-0.1, -0.05) is 12.1 Å². The molecule has 0 aromatic carbocycles. The fourth-order valence-electron chi connectivity index (χ4n) is 1.07. The largest absolute Gasteiger partial charge is 0.369 e. The third-order valence-corrected chi connectivity index (χ3v) is 3.23. The molecule has 0 aliphatic carbocycles. The maximum absolute atomic E-state index is 10.9. The number of carbonyl (C=O) groups excluding carboxylic acids is 1. The second kappa shape index (κ2) is 5.05. The number of amides is 1. The van der Waals surface area contributed by atoms with Crippen molar-refractivity contribution >= 4 is 17.7 Å². The van der Waals surface area contributed by atoms with Gasteiger partial charge in [0.2, 0.25) is 5.91 Å². The lowest BCUT2D eigenvalue weighted by atomic mass is 10.3. The van der Waals surface area contributed by atoms with E-state index in [1.807, 2.05) is 19.9 Å². The van der Waals surface area contributed by atoms with Crippen molar-refractivity contribution in [2.75, 3.05) is 0 Å². The molecule has 0 saturated carbocycles. The van der Waals surface area contributed by atoms with Gasteiger partial charge in [0.05, 0.1) is 10.9 Å². The Balaban J connectivity index is 2.43. The van der Waals surface area contributed by atoms with Crippen LogP contribution < -0.4 is 5.73 Å². The Morgan fingerprint density at radius 3 is 2.93 bits per heavy atom. The molecule has 0 spiro atoms. The first-order chi connectivity index (χ1) is 6.63. The van der Waals surface area contributed by atoms with Gasteiger partial charge in [-0.25, -0.2) is 0 Å². The standard InChI is InChI=1S/C9H14N2O2S/c1-3-8(9(10)12)14-5-7-4-6(2)13-11-7/h4,8H,3,5H2,1-2H3,(H2,10,12). The Hall–Kier alpha value is -0.970. The molecule has 0 aliphatic rings. The average Bonchev–Trinajstić information content (AvgIpc) is 2.52. The topological polar surface area (TPSA) is 69.1 Å². The molecule has 2 N–H and O–H groups in total. The zero-order valence-electron chi connectivity index (χ0n) is 8.32. The molecule has 78 valence electrons. The van der Waals surface area contributed by atoms with Gasteiger partial charge in [0.25, 0.3) is 0 Å². The van der Waals surface area contributed by atoms with Crippen LogP contribution in [-0.4, -0.2) is 16.3 Å². The van der Waals surface area contributed by atoms with Gasteiger partial charge in [-0.3, -0.25) is 4.79 Å². The van der Waals surface area contributed by atoms with Gasteiger partial charge in [0.1, 0.15) is 5.76 Å². The van der Waals surface area contributed by atoms with Crippen LogP contribution in [-0.2, 0) is 10.5 Å². The number of nitrogens with zero attached hydrogens (tertiary/aromatic N) is 1. The van der Waals surface area contributed by atoms with Crippen molar-refractivity contribution in [3.05, 3.63) is 17.5 Å². The first-order valence-electron chi connectivity index (χ1n) is 4.46. The van der Waals surface area contributed by atoms with Crippen LogP contribution in [0.25, 0.3) is 0 Å². The highest BCUT2D eigenvalue weighted by Crippen LogP contribution is 2.19. The molecule has 0 fully saturated rings. The molecule has 1 aromatic rings. The second-order valence-electron chi connectivity index (χ2n) is 3.04. The van der Waals surface area contributed by atoms with Gasteiger partial charge in [-0.2, -0.15) is 0 Å². The number of hydrogen-bond acceptors (Lipinski definition) is 4. The molecule has 0 radical (unpaired) electrons. The molecule has 0 bridgehead atoms. The van der Waals surface area contributed by atoms with Crippen LogP contribution in [0.15, 0.2) is 10.6 Å². The summed E-state index contributed by atoms with van der Waals surface area (Å²) in [7, 11) is 0. The lowest BCUT2D eigenvalue weighted by molar-refractivity contribution is -0.117. The average molecular weight is 214 g/mol. The van der Waals surface area contributed by atoms with Crippen molar-refractivity contribution in [3.63, 3.8) is 0 Å². The first kappa shape index (κ1) is 11.1. The van der Waals surface area contributed by atoms with Gasteiger partial charge in [-0.05, 0) is 13.3 Å². The third-order valence-electron chi connectivity index (χ3n) is 1.80. The summed E-state index contributed by atoms with van der Waals surface area (Å²) in [4.78, 5) is 10.9. The lowest BCUT2D eigenvalue weighted by Gasteiger charge is -2.07. The van der Waals surface area contributed by atoms with Gasteiger partial charge >= 0.3 is 0 Å². The van der Waals surface area contributed by atoms with E-state index >= 15 is 0 Å². The van der Waals surface area contributed by atoms with Crippen molar-refractivity contribution in [3.8, 4) is 0 Å². The first-order valence-corrected chi connectivity index (χ1v) is 5.51. The zero-order valence-corrected chi connectivity index (χ0v) is 9.13. The number of rotatable bonds is 5. The smallest absolute Gasteiger partial charge is 0.230 e. The molecule has 1 heterocycles. The summed E-state index contributed by atoms with van der Waals surface area (Å²) in [6.07, 6.45) is 0.747. The van der Waals surface area contributed by atoms with Crippen molar-refractivity contribution in [2.45, 2.75) is 31.3 Å². The summed E-state index contributed by atoms with van der Waals surface area (Å²) in [5.74, 6) is 1.18. The molecule has 1 amide bonds. The van der Waals surface area contributed by atoms with E-state index in [0.717, 1.165) is 17.9 Å². The predicted molar refractivity (Wildman–Crippen MR) is 55.8 cm³/mol. The molecular weight excluding hydrogens is 200 g/mol. The summed E-state index contributed by atoms with van der Waals surface area (Å²) >= 11 is 1.50. The normalized spacial score (nSPS) is 12.7. The fourth-order valence-corrected chi connectivity index (χ4v) is 1.98. The Kier molecular flexibility index (Phi) is 4.00. The molecule has 4 nitrogen and oxygen atoms in total. The highest BCUT2D eigenvalue weighted by atomic mass is 32.2. The maximum atomic E-state index is 10.9. The fraction of sp³-hybridized carbons (Fsp3) is 0.556. The minimum Gasteiger partial charge on any atom is -0.369 e. The van der Waals surface area contributed by atoms with E-state index in [1.54, 1.807) is 0 Å². The van der Waals surface area contributed by atoms with E-state index < -0.39 is 0 Å². The van der Waals surface area contributed by atoms with E-state index in [-0.39, 0.29) is 11.2 Å². The molecule has 1 unspecified atom stereocenters. The summed E-state index contributed by atoms with van der Waals surface area (Å²) < 4.78 is 4.91. The summed E-state index contributed by atoms with van der Waals surface area (Å²) in [6.45, 7) is 3.78. The number of thioether (sulfide) groups is 1. The van der Waals surface area contributed by atoms with E-state index in [0.29, 0.717) is 5.75 Å². The minimum absolute atomic E-state index is 0.132. The molecule has 14 heavy (non-hydrogen) atoms. The SMILES string of the molecule is CCC(SCc1cc(C)on1)C(N)=O. The summed E-state index contributed by atoms with van der Waals surface area (Å²) in [5, 5.41) is 3.70. The van der Waals surface area contributed by atoms with Crippen molar-refractivity contribution < 1.29 is 9.32 Å². The molecule has 5 heteroatoms. The Morgan fingerprint density at radius 2 is 2.50 bits per heavy atom. The van der Waals surface area contributed by atoms with Crippen molar-refractivity contribution in [1.82, 2.24) is 5.16 Å². The molecule has 1 atom stereocenters. The van der Waals surface area contributed by atoms with Crippen LogP contribution in [0.1, 0.15) is 24.8 Å². The van der Waals surface area contributed by atoms with Crippen LogP contribution >= 0.6 is 11.8 Å². The van der Waals surface area contributed by atoms with Gasteiger partial charge < -0.3 is 10.3 Å². The monoisotopic (exact) mass is 214 g/mol. The Morgan fingerprint density at radius 1 is 1.79 bits per heavy atom. The zero-order chi connectivity index (χ0) is 10.6. The maximum Gasteiger partial charge on any atom is 0.230 e. The van der Waals surface area contributed by atoms with E-state index in [9.17, 15) is 4.79 Å². The minimum atomic E-state index is -0.266. The molecule has 1 aromatic heterocycles. The Bertz CT molecular complexity index is 312. The summed E-state index contributed by atoms with van der Waals surface area (Å²) in [5.41, 5.74) is 6.07. The molecule has 1 rings (SSSR count). The number of nitrogens with two attached hydrogens (primary N) is 1. The molecular formula is C9H14N2O2S. The van der Waals surface area contributed by atoms with Gasteiger partial charge in [0.15, 0.2) is 0 Å². The molecule has 0 aliphatic heterocycles. The predicted octanol–water partition coefficient (Wildman–Crippen LogP) is 1.48. The second-order valence-corrected chi connectivity index (χ2v) is 4.23. The van der Waals surface area contributed by atoms with E-state index in [2.05, 4.69) is 5.16 Å². The summed E-state index contributed by atoms with van der Waals surface area (Å²) in [6, 6.07) is 1.86. The van der Waals surface area contributed by atoms with Crippen molar-refractivity contribution in [1.29, 1.82) is 0 Å². The van der Waals surface area contributed by atoms with Gasteiger partial charge in [0, 0.05) is 11.8 Å². The highest BCUT2D eigenvalue weighted by molar-refractivity contribution is 7.99. The van der Waals surface area contributed by atoms with E-state index in [4.69, 9.17) is 10.3 Å². The highest BCUT2D eigenvalue weighted by Gasteiger charge is 2.14. The number of aromatic nitrogens is 1. The van der Waals surface area contributed by atoms with Crippen LogP contribution in [0.5, 0.6) is 0 Å². The third kappa shape index (κ3) is 3.06. The Labute approximate surface area is 87.2 Å². The van der Waals surface area contributed by atoms with Crippen LogP contribution in [0.2, 0.25) is 0 Å². The van der Waals surface area contributed by atoms with Crippen molar-refractivity contribution in [2.24, 2.45) is 5.73 Å². The quantitative estimate of drug-likeness (QED) is 0.806. The number of aryl methyl sites for hydroxylation is 1. The van der Waals surface area contributed by atoms with Crippen LogP contribution in [0.3, 0.4) is 0 Å². The van der Waals surface area contributed by atoms with Gasteiger partial charge in [-0.15, -0.1) is 11.8 Å². The number of primary amides is 1. The van der Waals surface area contributed by atoms with Crippen LogP contribution in [0, 0.1) is 6.92 Å². The van der Waals surface area contributed by atoms with Crippen LogP contribution in [0.4, 0.5) is 0 Å². The number of hydrogen-bond donors (Lipinski definition) is 1. The lowest BCUT2D eigenvalue weighted by Crippen LogP contribution is -2.25. The molecule has 0 saturated heterocycles.